The lowest BCUT2D eigenvalue weighted by Gasteiger charge is -2.34. The Labute approximate surface area is 175 Å². The van der Waals surface area contributed by atoms with Crippen molar-refractivity contribution in [3.8, 4) is 11.6 Å². The van der Waals surface area contributed by atoms with E-state index in [0.717, 1.165) is 0 Å². The summed E-state index contributed by atoms with van der Waals surface area (Å²) < 4.78 is 12.8. The van der Waals surface area contributed by atoms with E-state index in [1.165, 1.54) is 6.07 Å². The number of nitrogens with zero attached hydrogens (tertiary/aromatic N) is 3. The molecule has 1 aromatic carbocycles. The monoisotopic (exact) mass is 419 g/mol. The molecule has 0 saturated carbocycles. The summed E-state index contributed by atoms with van der Waals surface area (Å²) >= 11 is 0. The molecule has 0 spiro atoms. The van der Waals surface area contributed by atoms with Gasteiger partial charge in [0, 0.05) is 36.8 Å². The number of likely N-dealkylation sites (tertiary alicyclic amines) is 1. The predicted octanol–water partition coefficient (Wildman–Crippen LogP) is 4.61. The fourth-order valence-corrected chi connectivity index (χ4v) is 3.66. The third-order valence-corrected chi connectivity index (χ3v) is 4.96. The topological polar surface area (TPSA) is 107 Å². The number of benzene rings is 1. The lowest BCUT2D eigenvalue weighted by atomic mass is 10.1. The van der Waals surface area contributed by atoms with Crippen LogP contribution >= 0.6 is 0 Å². The number of rotatable bonds is 4. The van der Waals surface area contributed by atoms with Gasteiger partial charge in [-0.2, -0.15) is 0 Å². The molecule has 1 N–H and O–H groups in total. The Balaban J connectivity index is 1.83. The van der Waals surface area contributed by atoms with Crippen LogP contribution in [0.2, 0.25) is 0 Å². The van der Waals surface area contributed by atoms with Crippen molar-refractivity contribution in [3.63, 3.8) is 0 Å². The Bertz CT molecular complexity index is 952. The summed E-state index contributed by atoms with van der Waals surface area (Å²) in [7, 11) is 0. The van der Waals surface area contributed by atoms with Crippen LogP contribution in [0, 0.1) is 10.1 Å². The van der Waals surface area contributed by atoms with Crippen LogP contribution < -0.4 is 4.74 Å². The van der Waals surface area contributed by atoms with E-state index in [1.54, 1.807) is 35.6 Å². The number of fused-ring (bicyclic) bond motifs is 1. The molecule has 2 heterocycles. The standard InChI is InChI=1S/C21H29N3O6/c1-13(2)29-18-10-14-12-23(19(25)16(14)11-17(18)24(27)28)15-6-8-22(9-7-15)20(26)30-21(3,4)5/h10-13,15,25H,6-9H2,1-5H3. The normalized spacial score (nSPS) is 15.6. The molecular formula is C21H29N3O6. The van der Waals surface area contributed by atoms with Crippen molar-refractivity contribution in [1.82, 2.24) is 9.47 Å². The number of piperidine rings is 1. The van der Waals surface area contributed by atoms with Crippen LogP contribution in [0.4, 0.5) is 10.5 Å². The number of carbonyl (C=O) groups is 1. The largest absolute Gasteiger partial charge is 0.494 e. The van der Waals surface area contributed by atoms with Crippen molar-refractivity contribution in [2.75, 3.05) is 13.1 Å². The van der Waals surface area contributed by atoms with Gasteiger partial charge in [-0.25, -0.2) is 4.79 Å². The minimum Gasteiger partial charge on any atom is -0.494 e. The average molecular weight is 419 g/mol. The lowest BCUT2D eigenvalue weighted by Crippen LogP contribution is -2.42. The molecule has 9 heteroatoms. The molecule has 30 heavy (non-hydrogen) atoms. The maximum Gasteiger partial charge on any atom is 0.410 e. The zero-order valence-electron chi connectivity index (χ0n) is 18.0. The molecule has 1 amide bonds. The van der Waals surface area contributed by atoms with E-state index in [9.17, 15) is 20.0 Å². The van der Waals surface area contributed by atoms with Gasteiger partial charge in [-0.1, -0.05) is 0 Å². The second-order valence-corrected chi connectivity index (χ2v) is 8.89. The van der Waals surface area contributed by atoms with Crippen molar-refractivity contribution in [3.05, 3.63) is 28.4 Å². The number of hydrogen-bond donors (Lipinski definition) is 1. The number of aromatic hydroxyl groups is 1. The van der Waals surface area contributed by atoms with Crippen molar-refractivity contribution < 1.29 is 24.3 Å². The molecule has 0 atom stereocenters. The summed E-state index contributed by atoms with van der Waals surface area (Å²) in [5, 5.41) is 23.3. The summed E-state index contributed by atoms with van der Waals surface area (Å²) in [6.07, 6.45) is 2.52. The molecular weight excluding hydrogens is 390 g/mol. The van der Waals surface area contributed by atoms with Gasteiger partial charge in [-0.15, -0.1) is 0 Å². The number of nitro groups is 1. The van der Waals surface area contributed by atoms with E-state index in [2.05, 4.69) is 0 Å². The number of hydrogen-bond acceptors (Lipinski definition) is 6. The van der Waals surface area contributed by atoms with Gasteiger partial charge in [-0.05, 0) is 53.5 Å². The fourth-order valence-electron chi connectivity index (χ4n) is 3.66. The molecule has 164 valence electrons. The van der Waals surface area contributed by atoms with Crippen LogP contribution in [0.5, 0.6) is 11.6 Å². The lowest BCUT2D eigenvalue weighted by molar-refractivity contribution is -0.385. The summed E-state index contributed by atoms with van der Waals surface area (Å²) in [5.41, 5.74) is -0.724. The molecule has 9 nitrogen and oxygen atoms in total. The van der Waals surface area contributed by atoms with Crippen LogP contribution in [0.1, 0.15) is 53.5 Å². The first-order valence-electron chi connectivity index (χ1n) is 10.1. The van der Waals surface area contributed by atoms with E-state index in [1.807, 2.05) is 20.8 Å². The average Bonchev–Trinajstić information content (AvgIpc) is 2.95. The molecule has 1 aliphatic heterocycles. The maximum absolute atomic E-state index is 12.3. The Hall–Kier alpha value is -2.97. The van der Waals surface area contributed by atoms with Gasteiger partial charge in [0.25, 0.3) is 0 Å². The Kier molecular flexibility index (Phi) is 5.83. The van der Waals surface area contributed by atoms with Crippen molar-refractivity contribution in [2.45, 2.75) is 65.2 Å². The summed E-state index contributed by atoms with van der Waals surface area (Å²) in [5.74, 6) is 0.166. The third-order valence-electron chi connectivity index (χ3n) is 4.96. The van der Waals surface area contributed by atoms with Gasteiger partial charge in [-0.3, -0.25) is 10.1 Å². The minimum absolute atomic E-state index is 0.0140. The SMILES string of the molecule is CC(C)Oc1cc2cn(C3CCN(C(=O)OC(C)(C)C)CC3)c(O)c2cc1[N+](=O)[O-]. The van der Waals surface area contributed by atoms with Crippen molar-refractivity contribution in [1.29, 1.82) is 0 Å². The van der Waals surface area contributed by atoms with E-state index in [4.69, 9.17) is 9.47 Å². The van der Waals surface area contributed by atoms with E-state index < -0.39 is 10.5 Å². The Morgan fingerprint density at radius 1 is 1.27 bits per heavy atom. The molecule has 1 aliphatic rings. The molecule has 1 aromatic heterocycles. The highest BCUT2D eigenvalue weighted by Crippen LogP contribution is 2.40. The molecule has 0 aliphatic carbocycles. The van der Waals surface area contributed by atoms with E-state index >= 15 is 0 Å². The smallest absolute Gasteiger partial charge is 0.410 e. The summed E-state index contributed by atoms with van der Waals surface area (Å²) in [4.78, 5) is 24.9. The van der Waals surface area contributed by atoms with Crippen LogP contribution in [0.25, 0.3) is 10.8 Å². The molecule has 2 aromatic rings. The highest BCUT2D eigenvalue weighted by Gasteiger charge is 2.29. The quantitative estimate of drug-likeness (QED) is 0.573. The second kappa shape index (κ2) is 8.04. The second-order valence-electron chi connectivity index (χ2n) is 8.89. The highest BCUT2D eigenvalue weighted by molar-refractivity contribution is 5.92. The number of carbonyl (C=O) groups excluding carboxylic acids is 1. The molecule has 3 rings (SSSR count). The first-order chi connectivity index (χ1) is 14.0. The summed E-state index contributed by atoms with van der Waals surface area (Å²) in [6, 6.07) is 2.93. The van der Waals surface area contributed by atoms with Crippen LogP contribution in [-0.2, 0) is 4.74 Å². The van der Waals surface area contributed by atoms with Crippen molar-refractivity contribution in [2.24, 2.45) is 0 Å². The van der Waals surface area contributed by atoms with Crippen LogP contribution in [0.15, 0.2) is 18.3 Å². The van der Waals surface area contributed by atoms with Gasteiger partial charge in [0.05, 0.1) is 16.4 Å². The molecule has 1 fully saturated rings. The molecule has 0 unspecified atom stereocenters. The van der Waals surface area contributed by atoms with Gasteiger partial charge in [0.1, 0.15) is 5.60 Å². The Morgan fingerprint density at radius 3 is 2.43 bits per heavy atom. The predicted molar refractivity (Wildman–Crippen MR) is 112 cm³/mol. The number of amides is 1. The van der Waals surface area contributed by atoms with Gasteiger partial charge < -0.3 is 24.0 Å². The molecule has 0 bridgehead atoms. The maximum atomic E-state index is 12.3. The first-order valence-corrected chi connectivity index (χ1v) is 10.1. The van der Waals surface area contributed by atoms with Gasteiger partial charge in [0.2, 0.25) is 0 Å². The first kappa shape index (κ1) is 21.7. The number of nitro benzene ring substituents is 1. The van der Waals surface area contributed by atoms with Crippen LogP contribution in [-0.4, -0.2) is 50.4 Å². The van der Waals surface area contributed by atoms with E-state index in [0.29, 0.717) is 36.7 Å². The highest BCUT2D eigenvalue weighted by atomic mass is 16.6. The minimum atomic E-state index is -0.547. The zero-order chi connectivity index (χ0) is 22.2. The summed E-state index contributed by atoms with van der Waals surface area (Å²) in [6.45, 7) is 10.1. The van der Waals surface area contributed by atoms with Gasteiger partial charge >= 0.3 is 11.8 Å². The number of ether oxygens (including phenoxy) is 2. The molecule has 0 radical (unpaired) electrons. The number of aromatic nitrogens is 1. The Morgan fingerprint density at radius 2 is 1.90 bits per heavy atom. The van der Waals surface area contributed by atoms with E-state index in [-0.39, 0.29) is 35.6 Å². The molecule has 1 saturated heterocycles. The van der Waals surface area contributed by atoms with Crippen LogP contribution in [0.3, 0.4) is 0 Å². The zero-order valence-corrected chi connectivity index (χ0v) is 18.0. The third kappa shape index (κ3) is 4.60. The fraction of sp³-hybridized carbons (Fsp3) is 0.571. The van der Waals surface area contributed by atoms with Crippen molar-refractivity contribution >= 4 is 22.6 Å². The van der Waals surface area contributed by atoms with Gasteiger partial charge in [0.15, 0.2) is 11.6 Å².